The van der Waals surface area contributed by atoms with Gasteiger partial charge in [-0.05, 0) is 45.2 Å². The Kier molecular flexibility index (Phi) is 7.80. The summed E-state index contributed by atoms with van der Waals surface area (Å²) in [5.74, 6) is 0.412. The van der Waals surface area contributed by atoms with Crippen molar-refractivity contribution in [2.45, 2.75) is 56.1 Å². The Morgan fingerprint density at radius 3 is 2.73 bits per heavy atom. The summed E-state index contributed by atoms with van der Waals surface area (Å²) < 4.78 is 0. The topological polar surface area (TPSA) is 61.4 Å². The first-order valence-electron chi connectivity index (χ1n) is 9.09. The second kappa shape index (κ2) is 9.62. The molecule has 1 aromatic carbocycles. The smallest absolute Gasteiger partial charge is 0.255 e. The number of nitrogens with one attached hydrogen (secondary N) is 2. The lowest BCUT2D eigenvalue weighted by Gasteiger charge is -2.25. The maximum absolute atomic E-state index is 13.1. The molecule has 0 saturated carbocycles. The highest BCUT2D eigenvalue weighted by molar-refractivity contribution is 8.00. The summed E-state index contributed by atoms with van der Waals surface area (Å²) in [6.45, 7) is 5.48. The van der Waals surface area contributed by atoms with E-state index in [0.717, 1.165) is 30.8 Å². The fourth-order valence-corrected chi connectivity index (χ4v) is 4.43. The third kappa shape index (κ3) is 5.38. The summed E-state index contributed by atoms with van der Waals surface area (Å²) in [4.78, 5) is 27.8. The van der Waals surface area contributed by atoms with Crippen LogP contribution in [0.15, 0.2) is 29.2 Å². The van der Waals surface area contributed by atoms with Crippen LogP contribution >= 0.6 is 24.2 Å². The van der Waals surface area contributed by atoms with Gasteiger partial charge in [0.05, 0.1) is 11.3 Å². The molecule has 26 heavy (non-hydrogen) atoms. The van der Waals surface area contributed by atoms with Crippen molar-refractivity contribution in [3.63, 3.8) is 0 Å². The van der Waals surface area contributed by atoms with Gasteiger partial charge in [0.25, 0.3) is 5.91 Å². The van der Waals surface area contributed by atoms with Gasteiger partial charge in [0.15, 0.2) is 0 Å². The maximum atomic E-state index is 13.1. The van der Waals surface area contributed by atoms with Crippen LogP contribution in [0, 0.1) is 0 Å². The number of hydrogen-bond donors (Lipinski definition) is 2. The van der Waals surface area contributed by atoms with Crippen molar-refractivity contribution < 1.29 is 9.59 Å². The average Bonchev–Trinajstić information content (AvgIpc) is 2.91. The van der Waals surface area contributed by atoms with Gasteiger partial charge in [-0.2, -0.15) is 0 Å². The Morgan fingerprint density at radius 2 is 1.96 bits per heavy atom. The molecule has 0 spiro atoms. The van der Waals surface area contributed by atoms with E-state index in [1.807, 2.05) is 43.0 Å². The Balaban J connectivity index is 0.00000243. The summed E-state index contributed by atoms with van der Waals surface area (Å²) in [6, 6.07) is 8.74. The standard InChI is InChI=1S/C19H27N3O2S.ClH/c1-13(2)20-18(23)12-25-17-6-4-3-5-16(17)19(24)22-10-9-14-7-8-15(11-22)21-14;/h3-6,13-15,21H,7-12H2,1-2H3,(H,20,23);1H. The van der Waals surface area contributed by atoms with Gasteiger partial charge in [-0.3, -0.25) is 9.59 Å². The van der Waals surface area contributed by atoms with E-state index in [4.69, 9.17) is 0 Å². The van der Waals surface area contributed by atoms with Crippen molar-refractivity contribution in [1.82, 2.24) is 15.5 Å². The molecule has 2 saturated heterocycles. The first-order valence-corrected chi connectivity index (χ1v) is 10.1. The molecule has 3 rings (SSSR count). The minimum absolute atomic E-state index is 0. The van der Waals surface area contributed by atoms with E-state index in [0.29, 0.717) is 23.4 Å². The number of hydrogen-bond acceptors (Lipinski definition) is 4. The average molecular weight is 398 g/mol. The number of carbonyl (C=O) groups excluding carboxylic acids is 2. The largest absolute Gasteiger partial charge is 0.353 e. The molecule has 2 aliphatic rings. The molecule has 144 valence electrons. The number of likely N-dealkylation sites (tertiary alicyclic amines) is 1. The predicted octanol–water partition coefficient (Wildman–Crippen LogP) is 2.69. The zero-order chi connectivity index (χ0) is 17.8. The molecule has 2 unspecified atom stereocenters. The highest BCUT2D eigenvalue weighted by Gasteiger charge is 2.32. The van der Waals surface area contributed by atoms with E-state index < -0.39 is 0 Å². The number of nitrogens with zero attached hydrogens (tertiary/aromatic N) is 1. The van der Waals surface area contributed by atoms with Crippen molar-refractivity contribution in [3.05, 3.63) is 29.8 Å². The second-order valence-electron chi connectivity index (χ2n) is 7.18. The Morgan fingerprint density at radius 1 is 1.23 bits per heavy atom. The van der Waals surface area contributed by atoms with Crippen molar-refractivity contribution in [1.29, 1.82) is 0 Å². The zero-order valence-electron chi connectivity index (χ0n) is 15.4. The Hall–Kier alpha value is -1.24. The number of benzene rings is 1. The molecule has 2 bridgehead atoms. The fraction of sp³-hybridized carbons (Fsp3) is 0.579. The molecule has 0 aromatic heterocycles. The summed E-state index contributed by atoms with van der Waals surface area (Å²) in [7, 11) is 0. The quantitative estimate of drug-likeness (QED) is 0.750. The van der Waals surface area contributed by atoms with E-state index >= 15 is 0 Å². The van der Waals surface area contributed by atoms with Crippen LogP contribution in [0.25, 0.3) is 0 Å². The summed E-state index contributed by atoms with van der Waals surface area (Å²) in [5, 5.41) is 6.50. The molecule has 2 fully saturated rings. The van der Waals surface area contributed by atoms with E-state index in [2.05, 4.69) is 10.6 Å². The molecule has 0 aliphatic carbocycles. The summed E-state index contributed by atoms with van der Waals surface area (Å²) >= 11 is 1.43. The van der Waals surface area contributed by atoms with Gasteiger partial charge in [-0.15, -0.1) is 24.2 Å². The molecule has 0 radical (unpaired) electrons. The van der Waals surface area contributed by atoms with Crippen LogP contribution in [0.1, 0.15) is 43.5 Å². The second-order valence-corrected chi connectivity index (χ2v) is 8.20. The molecule has 1 aromatic rings. The number of fused-ring (bicyclic) bond motifs is 2. The molecule has 2 N–H and O–H groups in total. The molecule has 5 nitrogen and oxygen atoms in total. The summed E-state index contributed by atoms with van der Waals surface area (Å²) in [5.41, 5.74) is 0.711. The third-order valence-electron chi connectivity index (χ3n) is 4.74. The minimum atomic E-state index is -0.00136. The molecular weight excluding hydrogens is 370 g/mol. The van der Waals surface area contributed by atoms with Gasteiger partial charge in [-0.25, -0.2) is 0 Å². The number of rotatable bonds is 5. The van der Waals surface area contributed by atoms with Crippen molar-refractivity contribution in [2.24, 2.45) is 0 Å². The lowest BCUT2D eigenvalue weighted by Crippen LogP contribution is -2.39. The number of carbonyl (C=O) groups is 2. The fourth-order valence-electron chi connectivity index (χ4n) is 3.57. The molecule has 7 heteroatoms. The number of halogens is 1. The SMILES string of the molecule is CC(C)NC(=O)CSc1ccccc1C(=O)N1CCC2CCC(C1)N2.Cl. The van der Waals surface area contributed by atoms with Crippen LogP contribution in [0.3, 0.4) is 0 Å². The van der Waals surface area contributed by atoms with Crippen molar-refractivity contribution in [2.75, 3.05) is 18.8 Å². The monoisotopic (exact) mass is 397 g/mol. The zero-order valence-corrected chi connectivity index (χ0v) is 17.0. The van der Waals surface area contributed by atoms with E-state index in [1.165, 1.54) is 18.2 Å². The van der Waals surface area contributed by atoms with Gasteiger partial charge in [-0.1, -0.05) is 12.1 Å². The number of amides is 2. The van der Waals surface area contributed by atoms with Gasteiger partial charge >= 0.3 is 0 Å². The van der Waals surface area contributed by atoms with Crippen LogP contribution in [-0.2, 0) is 4.79 Å². The Labute approximate surface area is 166 Å². The van der Waals surface area contributed by atoms with E-state index in [-0.39, 0.29) is 30.3 Å². The lowest BCUT2D eigenvalue weighted by molar-refractivity contribution is -0.119. The first kappa shape index (κ1) is 21.1. The van der Waals surface area contributed by atoms with E-state index in [9.17, 15) is 9.59 Å². The molecular formula is C19H28ClN3O2S. The predicted molar refractivity (Wildman–Crippen MR) is 108 cm³/mol. The van der Waals surface area contributed by atoms with Crippen LogP contribution in [0.5, 0.6) is 0 Å². The van der Waals surface area contributed by atoms with Gasteiger partial charge in [0.2, 0.25) is 5.91 Å². The van der Waals surface area contributed by atoms with Gasteiger partial charge < -0.3 is 15.5 Å². The van der Waals surface area contributed by atoms with Crippen LogP contribution in [0.2, 0.25) is 0 Å². The van der Waals surface area contributed by atoms with E-state index in [1.54, 1.807) is 0 Å². The first-order chi connectivity index (χ1) is 12.0. The molecule has 2 aliphatic heterocycles. The lowest BCUT2D eigenvalue weighted by atomic mass is 10.1. The van der Waals surface area contributed by atoms with Gasteiger partial charge in [0, 0.05) is 36.1 Å². The van der Waals surface area contributed by atoms with Crippen LogP contribution in [-0.4, -0.2) is 53.7 Å². The maximum Gasteiger partial charge on any atom is 0.255 e. The van der Waals surface area contributed by atoms with Crippen molar-refractivity contribution >= 4 is 36.0 Å². The Bertz CT molecular complexity index is 641. The van der Waals surface area contributed by atoms with Crippen LogP contribution < -0.4 is 10.6 Å². The van der Waals surface area contributed by atoms with Gasteiger partial charge in [0.1, 0.15) is 0 Å². The minimum Gasteiger partial charge on any atom is -0.353 e. The normalized spacial score (nSPS) is 21.9. The summed E-state index contributed by atoms with van der Waals surface area (Å²) in [6.07, 6.45) is 3.40. The third-order valence-corrected chi connectivity index (χ3v) is 5.81. The molecule has 2 amide bonds. The van der Waals surface area contributed by atoms with Crippen molar-refractivity contribution in [3.8, 4) is 0 Å². The number of thioether (sulfide) groups is 1. The molecule has 2 atom stereocenters. The van der Waals surface area contributed by atoms with Crippen LogP contribution in [0.4, 0.5) is 0 Å². The highest BCUT2D eigenvalue weighted by Crippen LogP contribution is 2.26. The highest BCUT2D eigenvalue weighted by atomic mass is 35.5. The molecule has 2 heterocycles.